The monoisotopic (exact) mass is 333 g/mol. The summed E-state index contributed by atoms with van der Waals surface area (Å²) >= 11 is 1.64. The number of H-pyrrole nitrogens is 1. The molecule has 7 heteroatoms. The fraction of sp³-hybridized carbons (Fsp3) is 0. The van der Waals surface area contributed by atoms with E-state index >= 15 is 0 Å². The van der Waals surface area contributed by atoms with Crippen molar-refractivity contribution in [2.75, 3.05) is 0 Å². The number of aromatic amines is 1. The third-order valence-electron chi connectivity index (χ3n) is 4.08. The second kappa shape index (κ2) is 4.90. The molecule has 4 aromatic heterocycles. The van der Waals surface area contributed by atoms with Crippen molar-refractivity contribution < 1.29 is 4.85 Å². The van der Waals surface area contributed by atoms with E-state index in [1.54, 1.807) is 28.1 Å². The van der Waals surface area contributed by atoms with Gasteiger partial charge < -0.3 is 10.2 Å². The quantitative estimate of drug-likeness (QED) is 0.398. The first kappa shape index (κ1) is 13.3. The van der Waals surface area contributed by atoms with E-state index in [1.165, 1.54) is 0 Å². The number of nitrogens with one attached hydrogen (secondary N) is 1. The molecular formula is C17H11N5OS. The van der Waals surface area contributed by atoms with Crippen LogP contribution >= 0.6 is 11.3 Å². The molecule has 5 rings (SSSR count). The summed E-state index contributed by atoms with van der Waals surface area (Å²) in [6.07, 6.45) is 3.56. The van der Waals surface area contributed by atoms with Crippen molar-refractivity contribution in [3.8, 4) is 22.4 Å². The number of hydrogen-bond acceptors (Lipinski definition) is 4. The van der Waals surface area contributed by atoms with Gasteiger partial charge in [0.05, 0.1) is 17.5 Å². The molecule has 0 saturated heterocycles. The van der Waals surface area contributed by atoms with Crippen molar-refractivity contribution in [2.24, 2.45) is 0 Å². The van der Waals surface area contributed by atoms with Gasteiger partial charge in [-0.05, 0) is 57.1 Å². The second-order valence-electron chi connectivity index (χ2n) is 5.47. The van der Waals surface area contributed by atoms with Gasteiger partial charge in [-0.1, -0.05) is 0 Å². The summed E-state index contributed by atoms with van der Waals surface area (Å²) < 4.78 is 1.72. The molecule has 0 atom stereocenters. The zero-order valence-electron chi connectivity index (χ0n) is 12.4. The average molecular weight is 333 g/mol. The predicted molar refractivity (Wildman–Crippen MR) is 92.6 cm³/mol. The molecule has 0 aliphatic carbocycles. The molecule has 0 saturated carbocycles. The zero-order chi connectivity index (χ0) is 16.1. The molecule has 0 aliphatic rings. The maximum absolute atomic E-state index is 12.4. The molecule has 116 valence electrons. The van der Waals surface area contributed by atoms with Crippen LogP contribution in [-0.2, 0) is 0 Å². The van der Waals surface area contributed by atoms with Gasteiger partial charge in [0.15, 0.2) is 0 Å². The number of aromatic nitrogens is 5. The minimum Gasteiger partial charge on any atom is -0.594 e. The van der Waals surface area contributed by atoms with Crippen molar-refractivity contribution in [1.82, 2.24) is 19.7 Å². The van der Waals surface area contributed by atoms with Gasteiger partial charge in [-0.3, -0.25) is 0 Å². The minimum absolute atomic E-state index is 0.489. The van der Waals surface area contributed by atoms with E-state index in [2.05, 4.69) is 26.6 Å². The number of nitrogens with zero attached hydrogens (tertiary/aromatic N) is 4. The van der Waals surface area contributed by atoms with E-state index in [-0.39, 0.29) is 0 Å². The van der Waals surface area contributed by atoms with Crippen LogP contribution in [0.2, 0.25) is 0 Å². The minimum atomic E-state index is 0.489. The molecule has 0 aliphatic heterocycles. The van der Waals surface area contributed by atoms with Crippen molar-refractivity contribution in [1.29, 1.82) is 0 Å². The average Bonchev–Trinajstić information content (AvgIpc) is 3.35. The lowest BCUT2D eigenvalue weighted by atomic mass is 10.1. The van der Waals surface area contributed by atoms with Crippen LogP contribution in [0.4, 0.5) is 0 Å². The molecule has 5 aromatic rings. The number of benzene rings is 1. The van der Waals surface area contributed by atoms with Gasteiger partial charge in [0.25, 0.3) is 5.52 Å². The Bertz CT molecular complexity index is 1160. The lowest BCUT2D eigenvalue weighted by molar-refractivity contribution is -0.640. The Balaban J connectivity index is 1.84. The van der Waals surface area contributed by atoms with E-state index in [0.717, 1.165) is 27.9 Å². The molecule has 0 amide bonds. The fourth-order valence-electron chi connectivity index (χ4n) is 2.91. The van der Waals surface area contributed by atoms with Crippen LogP contribution in [-0.4, -0.2) is 19.7 Å². The zero-order valence-corrected chi connectivity index (χ0v) is 13.2. The highest BCUT2D eigenvalue weighted by Crippen LogP contribution is 2.27. The summed E-state index contributed by atoms with van der Waals surface area (Å²) in [5.41, 5.74) is 5.61. The van der Waals surface area contributed by atoms with Crippen LogP contribution < -0.4 is 4.85 Å². The SMILES string of the molecule is [O-][n+]1nc2c(-c3ccc[nH]3)cnn2c2cc(-c3ccsc3)ccc21. The van der Waals surface area contributed by atoms with Gasteiger partial charge in [0, 0.05) is 17.4 Å². The van der Waals surface area contributed by atoms with E-state index in [0.29, 0.717) is 16.0 Å². The van der Waals surface area contributed by atoms with Crippen molar-refractivity contribution in [3.63, 3.8) is 0 Å². The first-order valence-electron chi connectivity index (χ1n) is 7.39. The fourth-order valence-corrected chi connectivity index (χ4v) is 3.57. The molecule has 1 N–H and O–H groups in total. The van der Waals surface area contributed by atoms with Crippen molar-refractivity contribution in [3.05, 3.63) is 64.8 Å². The molecule has 0 radical (unpaired) electrons. The van der Waals surface area contributed by atoms with Gasteiger partial charge in [0.2, 0.25) is 5.65 Å². The number of rotatable bonds is 2. The topological polar surface area (TPSA) is 72.9 Å². The maximum atomic E-state index is 12.4. The Hall–Kier alpha value is -3.19. The van der Waals surface area contributed by atoms with Crippen LogP contribution in [0.25, 0.3) is 39.1 Å². The predicted octanol–water partition coefficient (Wildman–Crippen LogP) is 3.24. The standard InChI is InChI=1S/C17H11N5OS/c23-22-15-4-3-11(12-5-7-24-10-12)8-16(15)21-17(20-22)13(9-19-21)14-2-1-6-18-14/h1-10,18H. The Morgan fingerprint density at radius 2 is 2.12 bits per heavy atom. The summed E-state index contributed by atoms with van der Waals surface area (Å²) in [6.45, 7) is 0. The van der Waals surface area contributed by atoms with E-state index in [9.17, 15) is 5.21 Å². The number of thiophene rings is 1. The molecule has 0 fully saturated rings. The summed E-state index contributed by atoms with van der Waals surface area (Å²) in [4.78, 5) is 3.79. The lowest BCUT2D eigenvalue weighted by Gasteiger charge is -2.04. The highest BCUT2D eigenvalue weighted by molar-refractivity contribution is 7.08. The molecule has 0 unspecified atom stereocenters. The summed E-state index contributed by atoms with van der Waals surface area (Å²) in [6, 6.07) is 11.6. The highest BCUT2D eigenvalue weighted by atomic mass is 32.1. The first-order chi connectivity index (χ1) is 11.8. The Labute approximate surface area is 140 Å². The Morgan fingerprint density at radius 3 is 2.92 bits per heavy atom. The maximum Gasteiger partial charge on any atom is 0.270 e. The summed E-state index contributed by atoms with van der Waals surface area (Å²) in [5.74, 6) is 0. The third-order valence-corrected chi connectivity index (χ3v) is 4.76. The molecule has 0 spiro atoms. The molecule has 0 bridgehead atoms. The normalized spacial score (nSPS) is 11.5. The molecule has 6 nitrogen and oxygen atoms in total. The van der Waals surface area contributed by atoms with Gasteiger partial charge in [0.1, 0.15) is 5.52 Å². The van der Waals surface area contributed by atoms with Crippen LogP contribution in [0.5, 0.6) is 0 Å². The third kappa shape index (κ3) is 1.85. The van der Waals surface area contributed by atoms with E-state index in [4.69, 9.17) is 0 Å². The van der Waals surface area contributed by atoms with E-state index in [1.807, 2.05) is 35.8 Å². The lowest BCUT2D eigenvalue weighted by Crippen LogP contribution is -2.33. The van der Waals surface area contributed by atoms with Gasteiger partial charge in [-0.25, -0.2) is 4.52 Å². The smallest absolute Gasteiger partial charge is 0.270 e. The number of fused-ring (bicyclic) bond motifs is 3. The summed E-state index contributed by atoms with van der Waals surface area (Å²) in [5, 5.41) is 25.1. The molecule has 1 aromatic carbocycles. The Kier molecular flexibility index (Phi) is 2.71. The molecule has 24 heavy (non-hydrogen) atoms. The van der Waals surface area contributed by atoms with Gasteiger partial charge in [-0.2, -0.15) is 16.4 Å². The first-order valence-corrected chi connectivity index (χ1v) is 8.33. The van der Waals surface area contributed by atoms with Crippen LogP contribution in [0.15, 0.2) is 59.6 Å². The molecular weight excluding hydrogens is 322 g/mol. The number of hydrogen-bond donors (Lipinski definition) is 1. The Morgan fingerprint density at radius 1 is 1.17 bits per heavy atom. The van der Waals surface area contributed by atoms with Crippen LogP contribution in [0.3, 0.4) is 0 Å². The highest BCUT2D eigenvalue weighted by Gasteiger charge is 2.18. The molecule has 4 heterocycles. The van der Waals surface area contributed by atoms with Crippen molar-refractivity contribution >= 4 is 28.0 Å². The summed E-state index contributed by atoms with van der Waals surface area (Å²) in [7, 11) is 0. The van der Waals surface area contributed by atoms with Crippen LogP contribution in [0.1, 0.15) is 0 Å². The van der Waals surface area contributed by atoms with E-state index < -0.39 is 0 Å². The van der Waals surface area contributed by atoms with Crippen molar-refractivity contribution in [2.45, 2.75) is 0 Å². The van der Waals surface area contributed by atoms with Gasteiger partial charge in [-0.15, -0.1) is 0 Å². The van der Waals surface area contributed by atoms with Crippen LogP contribution in [0, 0.1) is 5.21 Å². The van der Waals surface area contributed by atoms with Gasteiger partial charge >= 0.3 is 0 Å². The second-order valence-corrected chi connectivity index (χ2v) is 6.25. The largest absolute Gasteiger partial charge is 0.594 e.